The van der Waals surface area contributed by atoms with Gasteiger partial charge in [-0.1, -0.05) is 12.5 Å². The number of aliphatic hydroxyl groups is 1. The summed E-state index contributed by atoms with van der Waals surface area (Å²) < 4.78 is 0. The van der Waals surface area contributed by atoms with Crippen LogP contribution < -0.4 is 4.90 Å². The average molecular weight is 263 g/mol. The quantitative estimate of drug-likeness (QED) is 0.889. The van der Waals surface area contributed by atoms with Crippen LogP contribution in [-0.2, 0) is 10.2 Å². The molecule has 18 heavy (non-hydrogen) atoms. The highest BCUT2D eigenvalue weighted by atomic mass is 32.2. The van der Waals surface area contributed by atoms with Crippen LogP contribution in [0.25, 0.3) is 0 Å². The van der Waals surface area contributed by atoms with E-state index in [1.807, 2.05) is 13.1 Å². The van der Waals surface area contributed by atoms with E-state index >= 15 is 0 Å². The fourth-order valence-electron chi connectivity index (χ4n) is 2.75. The third kappa shape index (κ3) is 1.67. The highest BCUT2D eigenvalue weighted by Crippen LogP contribution is 2.46. The summed E-state index contributed by atoms with van der Waals surface area (Å²) in [7, 11) is 1.83. The fourth-order valence-corrected chi connectivity index (χ4v) is 3.78. The van der Waals surface area contributed by atoms with Gasteiger partial charge in [0.15, 0.2) is 0 Å². The third-order valence-corrected chi connectivity index (χ3v) is 5.30. The van der Waals surface area contributed by atoms with Gasteiger partial charge in [0.2, 0.25) is 5.91 Å². The van der Waals surface area contributed by atoms with Gasteiger partial charge in [-0.05, 0) is 30.5 Å². The zero-order valence-corrected chi connectivity index (χ0v) is 11.3. The second-order valence-electron chi connectivity index (χ2n) is 5.22. The summed E-state index contributed by atoms with van der Waals surface area (Å²) in [5.41, 5.74) is 2.20. The van der Waals surface area contributed by atoms with Crippen molar-refractivity contribution in [3.8, 4) is 0 Å². The summed E-state index contributed by atoms with van der Waals surface area (Å²) in [5, 5.41) is 9.62. The van der Waals surface area contributed by atoms with Crippen LogP contribution in [0, 0.1) is 0 Å². The number of thioether (sulfide) groups is 1. The van der Waals surface area contributed by atoms with Crippen molar-refractivity contribution in [3.63, 3.8) is 0 Å². The second kappa shape index (κ2) is 4.28. The van der Waals surface area contributed by atoms with E-state index < -0.39 is 0 Å². The maximum absolute atomic E-state index is 11.6. The van der Waals surface area contributed by atoms with Gasteiger partial charge in [0.05, 0.1) is 18.0 Å². The molecule has 0 unspecified atom stereocenters. The number of anilines is 1. The molecule has 0 radical (unpaired) electrons. The Morgan fingerprint density at radius 2 is 2.22 bits per heavy atom. The lowest BCUT2D eigenvalue weighted by atomic mass is 9.65. The number of hydrogen-bond acceptors (Lipinski definition) is 3. The molecule has 4 heteroatoms. The number of aliphatic hydroxyl groups excluding tert-OH is 1. The zero-order chi connectivity index (χ0) is 12.8. The highest BCUT2D eigenvalue weighted by Gasteiger charge is 2.38. The predicted octanol–water partition coefficient (Wildman–Crippen LogP) is 2.17. The number of carbonyl (C=O) groups is 1. The molecule has 1 fully saturated rings. The monoisotopic (exact) mass is 263 g/mol. The average Bonchev–Trinajstić information content (AvgIpc) is 2.33. The predicted molar refractivity (Wildman–Crippen MR) is 73.2 cm³/mol. The molecule has 1 amide bonds. The van der Waals surface area contributed by atoms with Crippen molar-refractivity contribution in [3.05, 3.63) is 23.8 Å². The van der Waals surface area contributed by atoms with Gasteiger partial charge in [-0.25, -0.2) is 0 Å². The summed E-state index contributed by atoms with van der Waals surface area (Å²) in [5.74, 6) is 0.666. The SMILES string of the molecule is CN1C(=O)CSc2cc(C3(CO)CCC3)ccc21. The number of carbonyl (C=O) groups excluding carboxylic acids is 1. The maximum atomic E-state index is 11.6. The number of benzene rings is 1. The standard InChI is InChI=1S/C14H17NO2S/c1-15-11-4-3-10(14(9-16)5-2-6-14)7-12(11)18-8-13(15)17/h3-4,7,16H,2,5-6,8-9H2,1H3. The van der Waals surface area contributed by atoms with Crippen molar-refractivity contribution >= 4 is 23.4 Å². The number of rotatable bonds is 2. The van der Waals surface area contributed by atoms with E-state index in [0.717, 1.165) is 23.4 Å². The topological polar surface area (TPSA) is 40.5 Å². The summed E-state index contributed by atoms with van der Waals surface area (Å²) in [6.07, 6.45) is 3.34. The van der Waals surface area contributed by atoms with Gasteiger partial charge in [0, 0.05) is 17.4 Å². The summed E-state index contributed by atoms with van der Waals surface area (Å²) in [4.78, 5) is 14.5. The van der Waals surface area contributed by atoms with E-state index in [0.29, 0.717) is 5.75 Å². The van der Waals surface area contributed by atoms with Crippen LogP contribution in [0.3, 0.4) is 0 Å². The van der Waals surface area contributed by atoms with E-state index in [4.69, 9.17) is 0 Å². The van der Waals surface area contributed by atoms with Gasteiger partial charge in [-0.15, -0.1) is 11.8 Å². The van der Waals surface area contributed by atoms with E-state index in [2.05, 4.69) is 12.1 Å². The van der Waals surface area contributed by atoms with E-state index in [9.17, 15) is 9.90 Å². The molecular formula is C14H17NO2S. The molecule has 96 valence electrons. The zero-order valence-electron chi connectivity index (χ0n) is 10.5. The fraction of sp³-hybridized carbons (Fsp3) is 0.500. The number of nitrogens with zero attached hydrogens (tertiary/aromatic N) is 1. The molecule has 1 aromatic rings. The minimum atomic E-state index is -0.0182. The third-order valence-electron chi connectivity index (χ3n) is 4.27. The molecular weight excluding hydrogens is 246 g/mol. The van der Waals surface area contributed by atoms with E-state index in [1.54, 1.807) is 16.7 Å². The lowest BCUT2D eigenvalue weighted by Crippen LogP contribution is -2.38. The Kier molecular flexibility index (Phi) is 2.87. The highest BCUT2D eigenvalue weighted by molar-refractivity contribution is 8.00. The van der Waals surface area contributed by atoms with Crippen molar-refractivity contribution in [1.29, 1.82) is 0 Å². The molecule has 1 saturated carbocycles. The Morgan fingerprint density at radius 3 is 2.83 bits per heavy atom. The molecule has 1 aromatic carbocycles. The number of fused-ring (bicyclic) bond motifs is 1. The van der Waals surface area contributed by atoms with Crippen LogP contribution in [0.1, 0.15) is 24.8 Å². The normalized spacial score (nSPS) is 21.4. The molecule has 0 aromatic heterocycles. The van der Waals surface area contributed by atoms with Gasteiger partial charge < -0.3 is 10.0 Å². The maximum Gasteiger partial charge on any atom is 0.237 e. The van der Waals surface area contributed by atoms with Gasteiger partial charge in [-0.2, -0.15) is 0 Å². The first-order chi connectivity index (χ1) is 8.66. The minimum absolute atomic E-state index is 0.0182. The molecule has 0 bridgehead atoms. The molecule has 1 aliphatic carbocycles. The van der Waals surface area contributed by atoms with Crippen LogP contribution >= 0.6 is 11.8 Å². The molecule has 1 N–H and O–H groups in total. The van der Waals surface area contributed by atoms with Crippen LogP contribution in [0.15, 0.2) is 23.1 Å². The van der Waals surface area contributed by atoms with Crippen LogP contribution in [0.4, 0.5) is 5.69 Å². The largest absolute Gasteiger partial charge is 0.395 e. The molecule has 3 nitrogen and oxygen atoms in total. The lowest BCUT2D eigenvalue weighted by Gasteiger charge is -2.41. The number of amides is 1. The molecule has 1 heterocycles. The van der Waals surface area contributed by atoms with Gasteiger partial charge in [0.25, 0.3) is 0 Å². The molecule has 0 spiro atoms. The Morgan fingerprint density at radius 1 is 1.44 bits per heavy atom. The minimum Gasteiger partial charge on any atom is -0.395 e. The van der Waals surface area contributed by atoms with Crippen molar-refractivity contribution in [1.82, 2.24) is 0 Å². The van der Waals surface area contributed by atoms with Crippen LogP contribution in [0.2, 0.25) is 0 Å². The first-order valence-electron chi connectivity index (χ1n) is 6.31. The smallest absolute Gasteiger partial charge is 0.237 e. The summed E-state index contributed by atoms with van der Waals surface area (Å²) in [6, 6.07) is 6.26. The van der Waals surface area contributed by atoms with Crippen molar-refractivity contribution < 1.29 is 9.90 Å². The van der Waals surface area contributed by atoms with E-state index in [-0.39, 0.29) is 17.9 Å². The summed E-state index contributed by atoms with van der Waals surface area (Å²) >= 11 is 1.60. The Bertz CT molecular complexity index is 491. The Balaban J connectivity index is 1.99. The first-order valence-corrected chi connectivity index (χ1v) is 7.30. The molecule has 0 atom stereocenters. The molecule has 0 saturated heterocycles. The van der Waals surface area contributed by atoms with Crippen molar-refractivity contribution in [2.75, 3.05) is 24.3 Å². The van der Waals surface area contributed by atoms with E-state index in [1.165, 1.54) is 12.0 Å². The summed E-state index contributed by atoms with van der Waals surface area (Å²) in [6.45, 7) is 0.227. The molecule has 2 aliphatic rings. The van der Waals surface area contributed by atoms with Crippen LogP contribution in [0.5, 0.6) is 0 Å². The van der Waals surface area contributed by atoms with Crippen molar-refractivity contribution in [2.24, 2.45) is 0 Å². The lowest BCUT2D eigenvalue weighted by molar-refractivity contribution is -0.116. The van der Waals surface area contributed by atoms with Crippen molar-refractivity contribution in [2.45, 2.75) is 29.6 Å². The Labute approximate surface area is 111 Å². The second-order valence-corrected chi connectivity index (χ2v) is 6.23. The van der Waals surface area contributed by atoms with Gasteiger partial charge in [0.1, 0.15) is 0 Å². The van der Waals surface area contributed by atoms with Gasteiger partial charge >= 0.3 is 0 Å². The Hall–Kier alpha value is -1.00. The first kappa shape index (κ1) is 12.1. The van der Waals surface area contributed by atoms with Gasteiger partial charge in [-0.3, -0.25) is 4.79 Å². The molecule has 3 rings (SSSR count). The number of hydrogen-bond donors (Lipinski definition) is 1. The molecule has 1 aliphatic heterocycles. The van der Waals surface area contributed by atoms with Crippen LogP contribution in [-0.4, -0.2) is 30.4 Å².